The molecule has 1 aromatic carbocycles. The van der Waals surface area contributed by atoms with Gasteiger partial charge >= 0.3 is 0 Å². The van der Waals surface area contributed by atoms with E-state index in [4.69, 9.17) is 0 Å². The molecule has 4 rings (SSSR count). The number of aromatic nitrogens is 2. The Morgan fingerprint density at radius 1 is 1.04 bits per heavy atom. The first kappa shape index (κ1) is 18.9. The Labute approximate surface area is 169 Å². The Morgan fingerprint density at radius 2 is 1.79 bits per heavy atom. The highest BCUT2D eigenvalue weighted by atomic mass is 32.1. The lowest BCUT2D eigenvalue weighted by atomic mass is 9.97. The third-order valence-corrected chi connectivity index (χ3v) is 6.37. The van der Waals surface area contributed by atoms with Gasteiger partial charge in [0.15, 0.2) is 0 Å². The number of carbonyl (C=O) groups is 1. The van der Waals surface area contributed by atoms with Crippen LogP contribution in [0.4, 0.5) is 5.82 Å². The molecule has 0 saturated heterocycles. The summed E-state index contributed by atoms with van der Waals surface area (Å²) in [6.45, 7) is 0.235. The minimum atomic E-state index is 0.0378. The van der Waals surface area contributed by atoms with Crippen LogP contribution in [0.3, 0.4) is 0 Å². The number of hydrogen-bond donors (Lipinski definition) is 2. The Kier molecular flexibility index (Phi) is 6.17. The number of fused-ring (bicyclic) bond motifs is 1. The molecule has 1 aliphatic rings. The van der Waals surface area contributed by atoms with Crippen LogP contribution in [0.1, 0.15) is 44.9 Å². The quantitative estimate of drug-likeness (QED) is 0.639. The van der Waals surface area contributed by atoms with E-state index in [0.29, 0.717) is 6.04 Å². The molecule has 28 heavy (non-hydrogen) atoms. The number of amides is 1. The van der Waals surface area contributed by atoms with Crippen molar-refractivity contribution in [2.45, 2.75) is 51.0 Å². The van der Waals surface area contributed by atoms with Crippen LogP contribution in [0, 0.1) is 0 Å². The van der Waals surface area contributed by atoms with E-state index < -0.39 is 0 Å². The summed E-state index contributed by atoms with van der Waals surface area (Å²) < 4.78 is 0. The number of nitrogens with zero attached hydrogens (tertiary/aromatic N) is 2. The van der Waals surface area contributed by atoms with E-state index in [1.165, 1.54) is 37.7 Å². The molecule has 5 nitrogen and oxygen atoms in total. The second kappa shape index (κ2) is 9.15. The molecule has 0 atom stereocenters. The summed E-state index contributed by atoms with van der Waals surface area (Å²) in [6, 6.07) is 12.7. The first-order valence-electron chi connectivity index (χ1n) is 10.1. The number of carbonyl (C=O) groups excluding carboxylic acids is 1. The summed E-state index contributed by atoms with van der Waals surface area (Å²) in [7, 11) is 0. The Balaban J connectivity index is 1.41. The molecule has 0 aliphatic heterocycles. The Hall–Kier alpha value is -2.47. The van der Waals surface area contributed by atoms with E-state index in [9.17, 15) is 4.79 Å². The molecule has 1 fully saturated rings. The lowest BCUT2D eigenvalue weighted by Crippen LogP contribution is -2.38. The van der Waals surface area contributed by atoms with Crippen molar-refractivity contribution in [1.29, 1.82) is 0 Å². The van der Waals surface area contributed by atoms with Crippen molar-refractivity contribution in [3.63, 3.8) is 0 Å². The Morgan fingerprint density at radius 3 is 2.57 bits per heavy atom. The molecule has 6 heteroatoms. The van der Waals surface area contributed by atoms with E-state index in [0.717, 1.165) is 33.8 Å². The number of benzene rings is 1. The van der Waals surface area contributed by atoms with Gasteiger partial charge in [-0.15, -0.1) is 11.3 Å². The molecule has 1 saturated carbocycles. The van der Waals surface area contributed by atoms with Crippen molar-refractivity contribution in [3.8, 4) is 10.4 Å². The monoisotopic (exact) mass is 394 g/mol. The number of rotatable bonds is 5. The number of anilines is 1. The fourth-order valence-corrected chi connectivity index (χ4v) is 4.79. The largest absolute Gasteiger partial charge is 0.360 e. The van der Waals surface area contributed by atoms with Gasteiger partial charge in [0.05, 0.1) is 11.9 Å². The summed E-state index contributed by atoms with van der Waals surface area (Å²) in [4.78, 5) is 23.3. The average molecular weight is 395 g/mol. The predicted octanol–water partition coefficient (Wildman–Crippen LogP) is 5.00. The lowest BCUT2D eigenvalue weighted by Gasteiger charge is -2.21. The highest BCUT2D eigenvalue weighted by Crippen LogP contribution is 2.34. The standard InChI is InChI=1S/C22H26N4OS/c27-20(26-17-11-7-2-1-3-8-12-17)14-23-21-18-13-19(16-9-5-4-6-10-16)28-22(18)25-15-24-21/h4-6,9-10,13,15,17H,1-3,7-8,11-12,14H2,(H,26,27)(H,23,24,25). The van der Waals surface area contributed by atoms with Crippen molar-refractivity contribution in [1.82, 2.24) is 15.3 Å². The first-order chi connectivity index (χ1) is 13.8. The minimum Gasteiger partial charge on any atom is -0.360 e. The van der Waals surface area contributed by atoms with E-state index in [1.807, 2.05) is 18.2 Å². The van der Waals surface area contributed by atoms with Gasteiger partial charge in [0, 0.05) is 10.9 Å². The summed E-state index contributed by atoms with van der Waals surface area (Å²) in [5.41, 5.74) is 1.17. The molecule has 0 spiro atoms. The molecule has 1 amide bonds. The molecule has 2 aromatic heterocycles. The summed E-state index contributed by atoms with van der Waals surface area (Å²) in [5.74, 6) is 0.757. The minimum absolute atomic E-state index is 0.0378. The van der Waals surface area contributed by atoms with E-state index in [-0.39, 0.29) is 12.5 Å². The number of hydrogen-bond acceptors (Lipinski definition) is 5. The molecule has 3 aromatic rings. The number of thiophene rings is 1. The van der Waals surface area contributed by atoms with Crippen molar-refractivity contribution in [2.75, 3.05) is 11.9 Å². The van der Waals surface area contributed by atoms with Crippen LogP contribution in [0.25, 0.3) is 20.7 Å². The zero-order chi connectivity index (χ0) is 19.2. The summed E-state index contributed by atoms with van der Waals surface area (Å²) >= 11 is 1.64. The molecule has 2 heterocycles. The van der Waals surface area contributed by atoms with Crippen molar-refractivity contribution >= 4 is 33.3 Å². The smallest absolute Gasteiger partial charge is 0.239 e. The molecule has 1 aliphatic carbocycles. The van der Waals surface area contributed by atoms with Crippen LogP contribution < -0.4 is 10.6 Å². The zero-order valence-corrected chi connectivity index (χ0v) is 16.8. The van der Waals surface area contributed by atoms with Crippen molar-refractivity contribution in [2.24, 2.45) is 0 Å². The van der Waals surface area contributed by atoms with Gasteiger partial charge in [-0.1, -0.05) is 62.4 Å². The van der Waals surface area contributed by atoms with E-state index in [1.54, 1.807) is 17.7 Å². The van der Waals surface area contributed by atoms with Crippen LogP contribution >= 0.6 is 11.3 Å². The van der Waals surface area contributed by atoms with Crippen LogP contribution in [-0.2, 0) is 4.79 Å². The Bertz CT molecular complexity index is 917. The highest BCUT2D eigenvalue weighted by molar-refractivity contribution is 7.21. The summed E-state index contributed by atoms with van der Waals surface area (Å²) in [6.07, 6.45) is 10.1. The van der Waals surface area contributed by atoms with Gasteiger partial charge in [0.2, 0.25) is 5.91 Å². The van der Waals surface area contributed by atoms with Gasteiger partial charge in [-0.05, 0) is 24.5 Å². The fourth-order valence-electron chi connectivity index (χ4n) is 3.78. The predicted molar refractivity (Wildman–Crippen MR) is 116 cm³/mol. The fraction of sp³-hybridized carbons (Fsp3) is 0.409. The van der Waals surface area contributed by atoms with Crippen LogP contribution in [0.2, 0.25) is 0 Å². The third kappa shape index (κ3) is 4.68. The molecule has 0 radical (unpaired) electrons. The molecular formula is C22H26N4OS. The normalized spacial score (nSPS) is 15.7. The second-order valence-corrected chi connectivity index (χ2v) is 8.41. The topological polar surface area (TPSA) is 66.9 Å². The van der Waals surface area contributed by atoms with Crippen LogP contribution in [0.5, 0.6) is 0 Å². The van der Waals surface area contributed by atoms with Crippen molar-refractivity contribution in [3.05, 3.63) is 42.7 Å². The van der Waals surface area contributed by atoms with Gasteiger partial charge in [0.1, 0.15) is 17.0 Å². The van der Waals surface area contributed by atoms with E-state index >= 15 is 0 Å². The number of nitrogens with one attached hydrogen (secondary N) is 2. The molecule has 0 bridgehead atoms. The molecule has 146 valence electrons. The summed E-state index contributed by atoms with van der Waals surface area (Å²) in [5, 5.41) is 7.37. The third-order valence-electron chi connectivity index (χ3n) is 5.27. The maximum atomic E-state index is 12.4. The molecule has 0 unspecified atom stereocenters. The first-order valence-corrected chi connectivity index (χ1v) is 10.9. The second-order valence-electron chi connectivity index (χ2n) is 7.38. The van der Waals surface area contributed by atoms with Crippen molar-refractivity contribution < 1.29 is 4.79 Å². The van der Waals surface area contributed by atoms with Crippen LogP contribution in [-0.4, -0.2) is 28.5 Å². The van der Waals surface area contributed by atoms with Gasteiger partial charge in [-0.2, -0.15) is 0 Å². The molecule has 2 N–H and O–H groups in total. The van der Waals surface area contributed by atoms with Gasteiger partial charge in [0.25, 0.3) is 0 Å². The van der Waals surface area contributed by atoms with Gasteiger partial charge in [-0.3, -0.25) is 4.79 Å². The average Bonchev–Trinajstić information content (AvgIpc) is 3.14. The van der Waals surface area contributed by atoms with Gasteiger partial charge in [-0.25, -0.2) is 9.97 Å². The maximum Gasteiger partial charge on any atom is 0.239 e. The van der Waals surface area contributed by atoms with Gasteiger partial charge < -0.3 is 10.6 Å². The van der Waals surface area contributed by atoms with E-state index in [2.05, 4.69) is 38.8 Å². The highest BCUT2D eigenvalue weighted by Gasteiger charge is 2.15. The van der Waals surface area contributed by atoms with Crippen LogP contribution in [0.15, 0.2) is 42.7 Å². The lowest BCUT2D eigenvalue weighted by molar-refractivity contribution is -0.120. The maximum absolute atomic E-state index is 12.4. The SMILES string of the molecule is O=C(CNc1ncnc2sc(-c3ccccc3)cc12)NC1CCCCCCC1. The zero-order valence-electron chi connectivity index (χ0n) is 16.0. The molecular weight excluding hydrogens is 368 g/mol.